The van der Waals surface area contributed by atoms with Gasteiger partial charge in [0.2, 0.25) is 0 Å². The molecule has 4 nitrogen and oxygen atoms in total. The van der Waals surface area contributed by atoms with E-state index in [0.29, 0.717) is 22.9 Å². The smallest absolute Gasteiger partial charge is 0.260 e. The Kier molecular flexibility index (Phi) is 4.21. The van der Waals surface area contributed by atoms with Crippen molar-refractivity contribution in [2.45, 2.75) is 26.7 Å². The van der Waals surface area contributed by atoms with E-state index in [1.165, 1.54) is 11.3 Å². The van der Waals surface area contributed by atoms with Gasteiger partial charge < -0.3 is 0 Å². The summed E-state index contributed by atoms with van der Waals surface area (Å²) in [5, 5.41) is 3.63. The molecule has 0 atom stereocenters. The summed E-state index contributed by atoms with van der Waals surface area (Å²) in [6.07, 6.45) is 1.21. The van der Waals surface area contributed by atoms with E-state index in [4.69, 9.17) is 23.2 Å². The van der Waals surface area contributed by atoms with Crippen LogP contribution < -0.4 is 5.32 Å². The molecule has 0 saturated carbocycles. The second kappa shape index (κ2) is 5.89. The number of fused-ring (bicyclic) bond motifs is 1. The van der Waals surface area contributed by atoms with E-state index in [2.05, 4.69) is 10.3 Å². The molecule has 0 bridgehead atoms. The molecule has 1 N–H and O–H groups in total. The lowest BCUT2D eigenvalue weighted by atomic mass is 9.78. The Morgan fingerprint density at radius 1 is 1.26 bits per heavy atom. The molecule has 0 unspecified atom stereocenters. The van der Waals surface area contributed by atoms with Gasteiger partial charge in [-0.3, -0.25) is 14.9 Å². The van der Waals surface area contributed by atoms with Crippen molar-refractivity contribution in [2.75, 3.05) is 5.32 Å². The Morgan fingerprint density at radius 2 is 1.91 bits per heavy atom. The fourth-order valence-electron chi connectivity index (χ4n) is 2.65. The molecule has 0 fully saturated rings. The molecule has 0 saturated heterocycles. The lowest BCUT2D eigenvalue weighted by Gasteiger charge is -2.26. The van der Waals surface area contributed by atoms with Gasteiger partial charge in [0.05, 0.1) is 26.2 Å². The zero-order valence-electron chi connectivity index (χ0n) is 12.6. The van der Waals surface area contributed by atoms with Gasteiger partial charge in [0.15, 0.2) is 10.9 Å². The molecule has 3 rings (SSSR count). The topological polar surface area (TPSA) is 59.1 Å². The average Bonchev–Trinajstić information content (AvgIpc) is 2.79. The molecule has 1 aliphatic carbocycles. The van der Waals surface area contributed by atoms with Crippen LogP contribution in [-0.4, -0.2) is 16.7 Å². The molecule has 7 heteroatoms. The number of nitrogens with zero attached hydrogens (tertiary/aromatic N) is 1. The lowest BCUT2D eigenvalue weighted by molar-refractivity contribution is 0.0915. The highest BCUT2D eigenvalue weighted by Gasteiger charge is 2.34. The molecule has 1 aliphatic rings. The Balaban J connectivity index is 1.88. The fourth-order valence-corrected chi connectivity index (χ4v) is 4.13. The number of carbonyl (C=O) groups excluding carboxylic acids is 2. The standard InChI is InChI=1S/C16H14Cl2N2O2S/c1-16(2)6-10-13(11(21)7-16)23-15(19-10)20-14(22)12-8(17)4-3-5-9(12)18/h3-5H,6-7H2,1-2H3,(H,19,20,22). The highest BCUT2D eigenvalue weighted by molar-refractivity contribution is 7.17. The number of hydrogen-bond donors (Lipinski definition) is 1. The SMILES string of the molecule is CC1(C)CC(=O)c2sc(NC(=O)c3c(Cl)cccc3Cl)nc2C1. The molecular weight excluding hydrogens is 355 g/mol. The molecule has 1 heterocycles. The monoisotopic (exact) mass is 368 g/mol. The summed E-state index contributed by atoms with van der Waals surface area (Å²) in [5.74, 6) is -0.358. The van der Waals surface area contributed by atoms with E-state index in [9.17, 15) is 9.59 Å². The molecule has 2 aromatic rings. The van der Waals surface area contributed by atoms with Crippen LogP contribution >= 0.6 is 34.5 Å². The number of Topliss-reactive ketones (excluding diaryl/α,β-unsaturated/α-hetero) is 1. The third-order valence-corrected chi connectivity index (χ3v) is 5.33. The Labute approximate surface area is 147 Å². The predicted molar refractivity (Wildman–Crippen MR) is 93.0 cm³/mol. The van der Waals surface area contributed by atoms with Crippen LogP contribution in [0.15, 0.2) is 18.2 Å². The van der Waals surface area contributed by atoms with Gasteiger partial charge in [-0.25, -0.2) is 4.98 Å². The number of ketones is 1. The first-order chi connectivity index (χ1) is 10.8. The van der Waals surface area contributed by atoms with Crippen molar-refractivity contribution in [1.82, 2.24) is 4.98 Å². The van der Waals surface area contributed by atoms with Gasteiger partial charge in [0, 0.05) is 6.42 Å². The van der Waals surface area contributed by atoms with Crippen molar-refractivity contribution in [3.63, 3.8) is 0 Å². The molecule has 0 aliphatic heterocycles. The van der Waals surface area contributed by atoms with Gasteiger partial charge in [0.25, 0.3) is 5.91 Å². The quantitative estimate of drug-likeness (QED) is 0.823. The Hall–Kier alpha value is -1.43. The minimum Gasteiger partial charge on any atom is -0.298 e. The summed E-state index contributed by atoms with van der Waals surface area (Å²) in [6.45, 7) is 4.07. The van der Waals surface area contributed by atoms with Crippen LogP contribution in [0.3, 0.4) is 0 Å². The maximum absolute atomic E-state index is 12.4. The summed E-state index contributed by atoms with van der Waals surface area (Å²) in [6, 6.07) is 4.87. The molecule has 0 spiro atoms. The zero-order chi connectivity index (χ0) is 16.8. The largest absolute Gasteiger partial charge is 0.298 e. The van der Waals surface area contributed by atoms with Gasteiger partial charge in [-0.1, -0.05) is 54.5 Å². The molecular formula is C16H14Cl2N2O2S. The molecule has 120 valence electrons. The van der Waals surface area contributed by atoms with E-state index in [-0.39, 0.29) is 26.8 Å². The van der Waals surface area contributed by atoms with Crippen molar-refractivity contribution >= 4 is 51.4 Å². The van der Waals surface area contributed by atoms with Crippen LogP contribution in [-0.2, 0) is 6.42 Å². The average molecular weight is 369 g/mol. The number of aromatic nitrogens is 1. The van der Waals surface area contributed by atoms with Crippen molar-refractivity contribution in [1.29, 1.82) is 0 Å². The Bertz CT molecular complexity index is 794. The number of halogens is 2. The van der Waals surface area contributed by atoms with Crippen molar-refractivity contribution < 1.29 is 9.59 Å². The molecule has 1 amide bonds. The summed E-state index contributed by atoms with van der Waals surface area (Å²) >= 11 is 13.3. The maximum Gasteiger partial charge on any atom is 0.260 e. The van der Waals surface area contributed by atoms with Crippen LogP contribution in [0.4, 0.5) is 5.13 Å². The van der Waals surface area contributed by atoms with Gasteiger partial charge >= 0.3 is 0 Å². The zero-order valence-corrected chi connectivity index (χ0v) is 14.9. The first kappa shape index (κ1) is 16.4. The number of amides is 1. The predicted octanol–water partition coefficient (Wildman–Crippen LogP) is 4.86. The number of nitrogens with one attached hydrogen (secondary N) is 1. The van der Waals surface area contributed by atoms with E-state index < -0.39 is 5.91 Å². The summed E-state index contributed by atoms with van der Waals surface area (Å²) in [5.41, 5.74) is 0.846. The van der Waals surface area contributed by atoms with Crippen LogP contribution in [0.1, 0.15) is 46.0 Å². The van der Waals surface area contributed by atoms with Crippen LogP contribution in [0, 0.1) is 5.41 Å². The number of rotatable bonds is 2. The second-order valence-electron chi connectivity index (χ2n) is 6.29. The fraction of sp³-hybridized carbons (Fsp3) is 0.312. The van der Waals surface area contributed by atoms with Crippen molar-refractivity contribution in [3.05, 3.63) is 44.4 Å². The molecule has 23 heavy (non-hydrogen) atoms. The van der Waals surface area contributed by atoms with Gasteiger partial charge in [-0.15, -0.1) is 0 Å². The number of hydrogen-bond acceptors (Lipinski definition) is 4. The van der Waals surface area contributed by atoms with Gasteiger partial charge in [0.1, 0.15) is 0 Å². The van der Waals surface area contributed by atoms with Crippen molar-refractivity contribution in [2.24, 2.45) is 5.41 Å². The second-order valence-corrected chi connectivity index (χ2v) is 8.10. The number of anilines is 1. The van der Waals surface area contributed by atoms with Crippen LogP contribution in [0.25, 0.3) is 0 Å². The van der Waals surface area contributed by atoms with Crippen LogP contribution in [0.2, 0.25) is 10.0 Å². The van der Waals surface area contributed by atoms with E-state index in [1.54, 1.807) is 18.2 Å². The van der Waals surface area contributed by atoms with Gasteiger partial charge in [-0.2, -0.15) is 0 Å². The van der Waals surface area contributed by atoms with Gasteiger partial charge in [-0.05, 0) is 24.0 Å². The normalized spacial score (nSPS) is 16.1. The lowest BCUT2D eigenvalue weighted by Crippen LogP contribution is -2.26. The van der Waals surface area contributed by atoms with E-state index in [1.807, 2.05) is 13.8 Å². The first-order valence-corrected chi connectivity index (χ1v) is 8.62. The van der Waals surface area contributed by atoms with E-state index in [0.717, 1.165) is 5.69 Å². The number of benzene rings is 1. The van der Waals surface area contributed by atoms with Crippen LogP contribution in [0.5, 0.6) is 0 Å². The minimum absolute atomic E-state index is 0.0741. The first-order valence-electron chi connectivity index (χ1n) is 7.05. The van der Waals surface area contributed by atoms with E-state index >= 15 is 0 Å². The Morgan fingerprint density at radius 3 is 2.57 bits per heavy atom. The number of thiazole rings is 1. The van der Waals surface area contributed by atoms with Crippen molar-refractivity contribution in [3.8, 4) is 0 Å². The number of carbonyl (C=O) groups is 2. The third-order valence-electron chi connectivity index (χ3n) is 3.65. The highest BCUT2D eigenvalue weighted by atomic mass is 35.5. The molecule has 1 aromatic carbocycles. The summed E-state index contributed by atoms with van der Waals surface area (Å²) in [7, 11) is 0. The third kappa shape index (κ3) is 3.27. The maximum atomic E-state index is 12.4. The summed E-state index contributed by atoms with van der Waals surface area (Å²) < 4.78 is 0. The molecule has 1 aromatic heterocycles. The minimum atomic E-state index is -0.432. The highest BCUT2D eigenvalue weighted by Crippen LogP contribution is 2.38. The molecule has 0 radical (unpaired) electrons. The summed E-state index contributed by atoms with van der Waals surface area (Å²) in [4.78, 5) is 29.6.